The predicted octanol–water partition coefficient (Wildman–Crippen LogP) is 4.55. The van der Waals surface area contributed by atoms with Crippen molar-refractivity contribution in [3.63, 3.8) is 0 Å². The lowest BCUT2D eigenvalue weighted by Crippen LogP contribution is -2.30. The van der Waals surface area contributed by atoms with Gasteiger partial charge in [0.05, 0.1) is 12.2 Å². The van der Waals surface area contributed by atoms with Crippen molar-refractivity contribution in [3.05, 3.63) is 0 Å². The number of aliphatic hydroxyl groups excluding tert-OH is 1. The number of rotatable bonds is 5. The van der Waals surface area contributed by atoms with Gasteiger partial charge in [0.15, 0.2) is 0 Å². The van der Waals surface area contributed by atoms with Gasteiger partial charge in [-0.3, -0.25) is 0 Å². The van der Waals surface area contributed by atoms with Gasteiger partial charge < -0.3 is 9.84 Å². The summed E-state index contributed by atoms with van der Waals surface area (Å²) in [5.74, 6) is 1.40. The van der Waals surface area contributed by atoms with Gasteiger partial charge in [-0.2, -0.15) is 0 Å². The van der Waals surface area contributed by atoms with Crippen molar-refractivity contribution in [1.29, 1.82) is 0 Å². The molecule has 0 amide bonds. The standard InChI is InChI=1S/C18H34O2/c1-18(2,3)15-11-9-14(10-12-15)17(19)8-4-6-16-7-5-13-20-16/h14-17,19H,4-13H2,1-3H3. The van der Waals surface area contributed by atoms with Crippen molar-refractivity contribution >= 4 is 0 Å². The summed E-state index contributed by atoms with van der Waals surface area (Å²) in [7, 11) is 0. The average molecular weight is 282 g/mol. The van der Waals surface area contributed by atoms with E-state index in [2.05, 4.69) is 20.8 Å². The fourth-order valence-corrected chi connectivity index (χ4v) is 4.03. The van der Waals surface area contributed by atoms with Crippen LogP contribution in [0.1, 0.15) is 78.6 Å². The first-order valence-electron chi connectivity index (χ1n) is 8.76. The summed E-state index contributed by atoms with van der Waals surface area (Å²) in [6.45, 7) is 8.02. The van der Waals surface area contributed by atoms with Gasteiger partial charge in [-0.05, 0) is 75.0 Å². The molecule has 2 unspecified atom stereocenters. The largest absolute Gasteiger partial charge is 0.393 e. The van der Waals surface area contributed by atoms with Gasteiger partial charge in [0.1, 0.15) is 0 Å². The second-order valence-electron chi connectivity index (χ2n) is 8.11. The zero-order chi connectivity index (χ0) is 14.6. The smallest absolute Gasteiger partial charge is 0.0576 e. The Morgan fingerprint density at radius 3 is 2.35 bits per heavy atom. The van der Waals surface area contributed by atoms with E-state index >= 15 is 0 Å². The summed E-state index contributed by atoms with van der Waals surface area (Å²) in [5, 5.41) is 10.4. The molecule has 118 valence electrons. The van der Waals surface area contributed by atoms with Gasteiger partial charge in [-0.25, -0.2) is 0 Å². The lowest BCUT2D eigenvalue weighted by atomic mass is 9.68. The molecule has 0 spiro atoms. The summed E-state index contributed by atoms with van der Waals surface area (Å²) >= 11 is 0. The molecular weight excluding hydrogens is 248 g/mol. The monoisotopic (exact) mass is 282 g/mol. The van der Waals surface area contributed by atoms with E-state index in [1.54, 1.807) is 0 Å². The molecule has 2 heteroatoms. The van der Waals surface area contributed by atoms with E-state index in [1.807, 2.05) is 0 Å². The van der Waals surface area contributed by atoms with Crippen molar-refractivity contribution in [1.82, 2.24) is 0 Å². The van der Waals surface area contributed by atoms with E-state index in [0.29, 0.717) is 17.4 Å². The van der Waals surface area contributed by atoms with Crippen LogP contribution in [-0.2, 0) is 4.74 Å². The van der Waals surface area contributed by atoms with Crippen molar-refractivity contribution < 1.29 is 9.84 Å². The molecule has 2 nitrogen and oxygen atoms in total. The minimum Gasteiger partial charge on any atom is -0.393 e. The quantitative estimate of drug-likeness (QED) is 0.801. The molecule has 1 saturated carbocycles. The maximum absolute atomic E-state index is 10.4. The summed E-state index contributed by atoms with van der Waals surface area (Å²) < 4.78 is 5.65. The molecule has 2 aliphatic rings. The Morgan fingerprint density at radius 1 is 1.10 bits per heavy atom. The Bertz CT molecular complexity index is 268. The Balaban J connectivity index is 1.62. The van der Waals surface area contributed by atoms with Gasteiger partial charge >= 0.3 is 0 Å². The van der Waals surface area contributed by atoms with Crippen molar-refractivity contribution in [2.45, 2.75) is 90.8 Å². The Hall–Kier alpha value is -0.0800. The fourth-order valence-electron chi connectivity index (χ4n) is 4.03. The van der Waals surface area contributed by atoms with Crippen molar-refractivity contribution in [2.24, 2.45) is 17.3 Å². The van der Waals surface area contributed by atoms with E-state index in [0.717, 1.165) is 31.8 Å². The van der Waals surface area contributed by atoms with Crippen LogP contribution >= 0.6 is 0 Å². The first-order valence-corrected chi connectivity index (χ1v) is 8.76. The molecule has 0 aromatic heterocycles. The molecule has 2 fully saturated rings. The molecule has 1 aliphatic heterocycles. The summed E-state index contributed by atoms with van der Waals surface area (Å²) in [6.07, 6.45) is 11.2. The van der Waals surface area contributed by atoms with E-state index < -0.39 is 0 Å². The highest BCUT2D eigenvalue weighted by Crippen LogP contribution is 2.41. The third kappa shape index (κ3) is 4.73. The highest BCUT2D eigenvalue weighted by molar-refractivity contribution is 4.83. The maximum Gasteiger partial charge on any atom is 0.0576 e. The van der Waals surface area contributed by atoms with Crippen LogP contribution in [0.5, 0.6) is 0 Å². The molecule has 1 saturated heterocycles. The van der Waals surface area contributed by atoms with Gasteiger partial charge in [-0.1, -0.05) is 20.8 Å². The van der Waals surface area contributed by atoms with Gasteiger partial charge in [0.25, 0.3) is 0 Å². The summed E-state index contributed by atoms with van der Waals surface area (Å²) in [4.78, 5) is 0. The Morgan fingerprint density at radius 2 is 1.80 bits per heavy atom. The van der Waals surface area contributed by atoms with Crippen LogP contribution in [0.2, 0.25) is 0 Å². The van der Waals surface area contributed by atoms with Gasteiger partial charge in [0, 0.05) is 6.61 Å². The van der Waals surface area contributed by atoms with Crippen LogP contribution in [0, 0.1) is 17.3 Å². The van der Waals surface area contributed by atoms with Crippen LogP contribution in [0.4, 0.5) is 0 Å². The van der Waals surface area contributed by atoms with E-state index in [-0.39, 0.29) is 6.10 Å². The molecule has 2 rings (SSSR count). The highest BCUT2D eigenvalue weighted by atomic mass is 16.5. The number of hydrogen-bond acceptors (Lipinski definition) is 2. The minimum absolute atomic E-state index is 0.0719. The number of aliphatic hydroxyl groups is 1. The second-order valence-corrected chi connectivity index (χ2v) is 8.11. The molecule has 1 aliphatic carbocycles. The molecule has 0 radical (unpaired) electrons. The van der Waals surface area contributed by atoms with Crippen LogP contribution in [0.15, 0.2) is 0 Å². The normalized spacial score (nSPS) is 33.3. The van der Waals surface area contributed by atoms with Crippen LogP contribution in [0.3, 0.4) is 0 Å². The first-order chi connectivity index (χ1) is 9.47. The lowest BCUT2D eigenvalue weighted by Gasteiger charge is -2.38. The van der Waals surface area contributed by atoms with E-state index in [1.165, 1.54) is 38.5 Å². The van der Waals surface area contributed by atoms with Gasteiger partial charge in [0.2, 0.25) is 0 Å². The number of ether oxygens (including phenoxy) is 1. The lowest BCUT2D eigenvalue weighted by molar-refractivity contribution is 0.0416. The topological polar surface area (TPSA) is 29.5 Å². The molecule has 1 heterocycles. The Labute approximate surface area is 125 Å². The maximum atomic E-state index is 10.4. The SMILES string of the molecule is CC(C)(C)C1CCC(C(O)CCCC2CCCO2)CC1. The highest BCUT2D eigenvalue weighted by Gasteiger charge is 2.32. The first kappa shape index (κ1) is 16.3. The van der Waals surface area contributed by atoms with Crippen molar-refractivity contribution in [2.75, 3.05) is 6.61 Å². The minimum atomic E-state index is -0.0719. The molecule has 2 atom stereocenters. The van der Waals surface area contributed by atoms with Crippen LogP contribution in [-0.4, -0.2) is 23.9 Å². The van der Waals surface area contributed by atoms with E-state index in [4.69, 9.17) is 4.74 Å². The number of hydrogen-bond donors (Lipinski definition) is 1. The molecule has 20 heavy (non-hydrogen) atoms. The average Bonchev–Trinajstić information content (AvgIpc) is 2.91. The zero-order valence-electron chi connectivity index (χ0n) is 13.7. The van der Waals surface area contributed by atoms with Crippen LogP contribution in [0.25, 0.3) is 0 Å². The zero-order valence-corrected chi connectivity index (χ0v) is 13.7. The van der Waals surface area contributed by atoms with E-state index in [9.17, 15) is 5.11 Å². The predicted molar refractivity (Wildman–Crippen MR) is 83.7 cm³/mol. The third-order valence-electron chi connectivity index (χ3n) is 5.59. The second kappa shape index (κ2) is 7.26. The van der Waals surface area contributed by atoms with Crippen LogP contribution < -0.4 is 0 Å². The summed E-state index contributed by atoms with van der Waals surface area (Å²) in [6, 6.07) is 0. The fraction of sp³-hybridized carbons (Fsp3) is 1.00. The molecule has 0 aromatic carbocycles. The van der Waals surface area contributed by atoms with Crippen molar-refractivity contribution in [3.8, 4) is 0 Å². The third-order valence-corrected chi connectivity index (χ3v) is 5.59. The molecule has 1 N–H and O–H groups in total. The molecule has 0 bridgehead atoms. The molecule has 0 aromatic rings. The summed E-state index contributed by atoms with van der Waals surface area (Å²) in [5.41, 5.74) is 0.440. The molecular formula is C18H34O2. The van der Waals surface area contributed by atoms with Gasteiger partial charge in [-0.15, -0.1) is 0 Å². The Kier molecular flexibility index (Phi) is 5.92.